The van der Waals surface area contributed by atoms with Crippen LogP contribution < -0.4 is 15.9 Å². The first-order valence-corrected chi connectivity index (χ1v) is 11.6. The molecule has 8 nitrogen and oxygen atoms in total. The number of rotatable bonds is 6. The molecule has 3 heterocycles. The summed E-state index contributed by atoms with van der Waals surface area (Å²) in [6, 6.07) is 10.3. The molecule has 0 bridgehead atoms. The molecular formula is C24H30N6O2S. The van der Waals surface area contributed by atoms with Gasteiger partial charge in [-0.15, -0.1) is 0 Å². The Morgan fingerprint density at radius 1 is 1.33 bits per heavy atom. The lowest BCUT2D eigenvalue weighted by atomic mass is 10.1. The Labute approximate surface area is 198 Å². The van der Waals surface area contributed by atoms with Crippen molar-refractivity contribution in [2.24, 2.45) is 0 Å². The summed E-state index contributed by atoms with van der Waals surface area (Å²) in [6.07, 6.45) is 1.05. The van der Waals surface area contributed by atoms with Gasteiger partial charge in [-0.25, -0.2) is 9.78 Å². The number of likely N-dealkylation sites (N-methyl/N-ethyl adjacent to an activating group) is 1. The highest BCUT2D eigenvalue weighted by Gasteiger charge is 2.27. The number of amides is 1. The van der Waals surface area contributed by atoms with Crippen molar-refractivity contribution in [2.75, 3.05) is 32.1 Å². The molecule has 1 saturated heterocycles. The van der Waals surface area contributed by atoms with Gasteiger partial charge < -0.3 is 15.2 Å². The number of carbonyl (C=O) groups excluding carboxylic acids is 1. The van der Waals surface area contributed by atoms with Crippen LogP contribution in [0.1, 0.15) is 35.1 Å². The summed E-state index contributed by atoms with van der Waals surface area (Å²) in [5, 5.41) is 3.52. The van der Waals surface area contributed by atoms with E-state index >= 15 is 0 Å². The number of aromatic nitrogens is 3. The predicted molar refractivity (Wildman–Crippen MR) is 134 cm³/mol. The number of pyridine rings is 1. The van der Waals surface area contributed by atoms with E-state index in [1.165, 1.54) is 0 Å². The second kappa shape index (κ2) is 9.44. The van der Waals surface area contributed by atoms with E-state index in [0.29, 0.717) is 22.9 Å². The van der Waals surface area contributed by atoms with Crippen molar-refractivity contribution < 1.29 is 4.79 Å². The van der Waals surface area contributed by atoms with Gasteiger partial charge in [0.15, 0.2) is 0 Å². The van der Waals surface area contributed by atoms with Crippen molar-refractivity contribution in [3.63, 3.8) is 0 Å². The molecule has 0 saturated carbocycles. The zero-order valence-electron chi connectivity index (χ0n) is 19.5. The van der Waals surface area contributed by atoms with Gasteiger partial charge >= 0.3 is 5.69 Å². The molecule has 0 radical (unpaired) electrons. The molecular weight excluding hydrogens is 436 g/mol. The molecule has 1 aromatic carbocycles. The average Bonchev–Trinajstić information content (AvgIpc) is 3.26. The second-order valence-electron chi connectivity index (χ2n) is 8.53. The number of carbonyl (C=O) groups is 1. The summed E-state index contributed by atoms with van der Waals surface area (Å²) in [5.74, 6) is -0.177. The number of hydrogen-bond acceptors (Lipinski definition) is 6. The Morgan fingerprint density at radius 2 is 2.12 bits per heavy atom. The van der Waals surface area contributed by atoms with E-state index in [1.807, 2.05) is 32.0 Å². The largest absolute Gasteiger partial charge is 0.369 e. The summed E-state index contributed by atoms with van der Waals surface area (Å²) in [6.45, 7) is 7.14. The van der Waals surface area contributed by atoms with Crippen LogP contribution in [0.5, 0.6) is 0 Å². The van der Waals surface area contributed by atoms with Crippen molar-refractivity contribution in [1.29, 1.82) is 0 Å². The third-order valence-electron chi connectivity index (χ3n) is 6.46. The van der Waals surface area contributed by atoms with Gasteiger partial charge in [0.2, 0.25) is 0 Å². The predicted octanol–water partition coefficient (Wildman–Crippen LogP) is 2.85. The number of fused-ring (bicyclic) bond motifs is 1. The van der Waals surface area contributed by atoms with Crippen LogP contribution in [0.2, 0.25) is 0 Å². The van der Waals surface area contributed by atoms with E-state index < -0.39 is 0 Å². The van der Waals surface area contributed by atoms with Gasteiger partial charge in [-0.1, -0.05) is 18.3 Å². The summed E-state index contributed by atoms with van der Waals surface area (Å²) < 4.78 is 2.16. The minimum Gasteiger partial charge on any atom is -0.369 e. The Balaban J connectivity index is 1.47. The molecule has 33 heavy (non-hydrogen) atoms. The van der Waals surface area contributed by atoms with Crippen molar-refractivity contribution >= 4 is 34.7 Å². The van der Waals surface area contributed by atoms with Crippen LogP contribution in [-0.2, 0) is 13.1 Å². The standard InChI is InChI=1S/C24H30N6O2S/c1-5-30-23(33)18-7-6-16(12-20(18)27-24(30)32)13-29-11-10-17(14-29)28(4)21-9-8-19(22(31)25-3)26-15(21)2/h6-9,12,17H,5,10-11,13-14H2,1-4H3,(H,25,31)(H,27,32). The molecule has 174 valence electrons. The van der Waals surface area contributed by atoms with Gasteiger partial charge in [-0.2, -0.15) is 0 Å². The first-order valence-electron chi connectivity index (χ1n) is 11.2. The number of nitrogens with one attached hydrogen (secondary N) is 2. The lowest BCUT2D eigenvalue weighted by Gasteiger charge is -2.28. The third-order valence-corrected chi connectivity index (χ3v) is 6.90. The molecule has 1 aliphatic heterocycles. The van der Waals surface area contributed by atoms with Crippen LogP contribution in [0.15, 0.2) is 35.1 Å². The monoisotopic (exact) mass is 466 g/mol. The number of H-pyrrole nitrogens is 1. The zero-order valence-corrected chi connectivity index (χ0v) is 20.3. The van der Waals surface area contributed by atoms with E-state index in [9.17, 15) is 9.59 Å². The van der Waals surface area contributed by atoms with E-state index in [0.717, 1.165) is 53.9 Å². The number of likely N-dealkylation sites (tertiary alicyclic amines) is 1. The molecule has 0 spiro atoms. The second-order valence-corrected chi connectivity index (χ2v) is 8.91. The summed E-state index contributed by atoms with van der Waals surface area (Å²) in [4.78, 5) is 36.3. The van der Waals surface area contributed by atoms with Crippen LogP contribution >= 0.6 is 12.2 Å². The minimum absolute atomic E-state index is 0.165. The number of anilines is 1. The van der Waals surface area contributed by atoms with Gasteiger partial charge in [0.1, 0.15) is 10.3 Å². The Hall–Kier alpha value is -3.04. The van der Waals surface area contributed by atoms with Gasteiger partial charge in [0, 0.05) is 51.7 Å². The number of aryl methyl sites for hydroxylation is 1. The smallest absolute Gasteiger partial charge is 0.326 e. The molecule has 1 unspecified atom stereocenters. The van der Waals surface area contributed by atoms with E-state index in [1.54, 1.807) is 17.7 Å². The maximum absolute atomic E-state index is 12.3. The SMILES string of the molecule is CCn1c(=O)[nH]c2cc(CN3CCC(N(C)c4ccc(C(=O)NC)nc4C)C3)ccc2c1=S. The number of hydrogen-bond donors (Lipinski definition) is 2. The molecule has 2 N–H and O–H groups in total. The van der Waals surface area contributed by atoms with Crippen LogP contribution in [0.4, 0.5) is 5.69 Å². The van der Waals surface area contributed by atoms with E-state index in [-0.39, 0.29) is 11.6 Å². The number of nitrogens with zero attached hydrogens (tertiary/aromatic N) is 4. The molecule has 3 aromatic rings. The molecule has 2 aromatic heterocycles. The van der Waals surface area contributed by atoms with Crippen LogP contribution in [-0.4, -0.2) is 58.6 Å². The Kier molecular flexibility index (Phi) is 6.62. The first-order chi connectivity index (χ1) is 15.8. The summed E-state index contributed by atoms with van der Waals surface area (Å²) in [7, 11) is 3.70. The van der Waals surface area contributed by atoms with Crippen molar-refractivity contribution in [3.8, 4) is 0 Å². The lowest BCUT2D eigenvalue weighted by molar-refractivity contribution is 0.0958. The van der Waals surface area contributed by atoms with Gasteiger partial charge in [-0.3, -0.25) is 14.3 Å². The van der Waals surface area contributed by atoms with Crippen LogP contribution in [0.25, 0.3) is 10.9 Å². The maximum Gasteiger partial charge on any atom is 0.326 e. The van der Waals surface area contributed by atoms with Gasteiger partial charge in [-0.05, 0) is 50.1 Å². The Morgan fingerprint density at radius 3 is 2.82 bits per heavy atom. The molecule has 1 fully saturated rings. The molecule has 1 aliphatic rings. The van der Waals surface area contributed by atoms with E-state index in [4.69, 9.17) is 12.2 Å². The Bertz CT molecular complexity index is 1310. The fourth-order valence-electron chi connectivity index (χ4n) is 4.60. The highest BCUT2D eigenvalue weighted by atomic mass is 32.1. The van der Waals surface area contributed by atoms with Crippen LogP contribution in [0.3, 0.4) is 0 Å². The van der Waals surface area contributed by atoms with Crippen LogP contribution in [0, 0.1) is 11.6 Å². The van der Waals surface area contributed by atoms with Gasteiger partial charge in [0.05, 0.1) is 16.9 Å². The molecule has 0 aliphatic carbocycles. The molecule has 9 heteroatoms. The number of benzene rings is 1. The van der Waals surface area contributed by atoms with Crippen molar-refractivity contribution in [2.45, 2.75) is 39.4 Å². The topological polar surface area (TPSA) is 86.3 Å². The summed E-state index contributed by atoms with van der Waals surface area (Å²) in [5.41, 5.74) is 4.10. The van der Waals surface area contributed by atoms with Crippen molar-refractivity contribution in [3.05, 3.63) is 62.4 Å². The quantitative estimate of drug-likeness (QED) is 0.544. The van der Waals surface area contributed by atoms with E-state index in [2.05, 4.69) is 38.2 Å². The highest BCUT2D eigenvalue weighted by molar-refractivity contribution is 7.71. The molecule has 1 amide bonds. The lowest BCUT2D eigenvalue weighted by Crippen LogP contribution is -2.35. The average molecular weight is 467 g/mol. The van der Waals surface area contributed by atoms with Crippen molar-refractivity contribution in [1.82, 2.24) is 24.8 Å². The highest BCUT2D eigenvalue weighted by Crippen LogP contribution is 2.25. The fourth-order valence-corrected chi connectivity index (χ4v) is 4.99. The first kappa shape index (κ1) is 23.1. The number of aromatic amines is 1. The maximum atomic E-state index is 12.3. The normalized spacial score (nSPS) is 16.3. The van der Waals surface area contributed by atoms with Gasteiger partial charge in [0.25, 0.3) is 5.91 Å². The fraction of sp³-hybridized carbons (Fsp3) is 0.417. The third kappa shape index (κ3) is 4.56. The molecule has 4 rings (SSSR count). The summed E-state index contributed by atoms with van der Waals surface area (Å²) >= 11 is 5.50. The zero-order chi connectivity index (χ0) is 23.7. The minimum atomic E-state index is -0.177. The molecule has 1 atom stereocenters.